The average Bonchev–Trinajstić information content (AvgIpc) is 3.37. The summed E-state index contributed by atoms with van der Waals surface area (Å²) in [5, 5.41) is 0. The lowest BCUT2D eigenvalue weighted by Crippen LogP contribution is -2.36. The van der Waals surface area contributed by atoms with Crippen molar-refractivity contribution >= 4 is 5.97 Å². The Morgan fingerprint density at radius 3 is 2.13 bits per heavy atom. The van der Waals surface area contributed by atoms with Crippen LogP contribution >= 0.6 is 0 Å². The molecule has 0 aromatic carbocycles. The van der Waals surface area contributed by atoms with Crippen molar-refractivity contribution in [3.63, 3.8) is 0 Å². The number of carbonyl (C=O) groups excluding carboxylic acids is 1. The summed E-state index contributed by atoms with van der Waals surface area (Å²) < 4.78 is 6.00. The Balaban J connectivity index is 1.37. The molecular formula is C43H74O2. The van der Waals surface area contributed by atoms with Crippen LogP contribution < -0.4 is 0 Å². The van der Waals surface area contributed by atoms with Crippen molar-refractivity contribution in [3.05, 3.63) is 35.5 Å². The van der Waals surface area contributed by atoms with E-state index in [1.165, 1.54) is 133 Å². The number of ether oxygens (including phenoxy) is 1. The van der Waals surface area contributed by atoms with Gasteiger partial charge in [0.05, 0.1) is 0 Å². The molecule has 0 radical (unpaired) electrons. The van der Waals surface area contributed by atoms with Crippen molar-refractivity contribution in [2.24, 2.45) is 29.1 Å². The van der Waals surface area contributed by atoms with Gasteiger partial charge in [0.15, 0.2) is 0 Å². The van der Waals surface area contributed by atoms with Gasteiger partial charge in [-0.05, 0) is 86.0 Å². The number of fused-ring (bicyclic) bond motifs is 1. The minimum Gasteiger partial charge on any atom is -0.462 e. The van der Waals surface area contributed by atoms with Crippen LogP contribution in [0, 0.1) is 29.1 Å². The van der Waals surface area contributed by atoms with Crippen LogP contribution in [-0.4, -0.2) is 12.1 Å². The normalized spacial score (nSPS) is 27.8. The van der Waals surface area contributed by atoms with Crippen molar-refractivity contribution in [2.75, 3.05) is 0 Å². The van der Waals surface area contributed by atoms with Crippen molar-refractivity contribution in [1.82, 2.24) is 0 Å². The second kappa shape index (κ2) is 20.8. The molecule has 0 aromatic heterocycles. The minimum absolute atomic E-state index is 0.0100. The summed E-state index contributed by atoms with van der Waals surface area (Å²) in [5.41, 5.74) is 4.71. The van der Waals surface area contributed by atoms with E-state index >= 15 is 0 Å². The highest BCUT2D eigenvalue weighted by atomic mass is 16.5. The van der Waals surface area contributed by atoms with E-state index in [1.807, 2.05) is 0 Å². The summed E-state index contributed by atoms with van der Waals surface area (Å²) >= 11 is 0. The average molecular weight is 623 g/mol. The van der Waals surface area contributed by atoms with Gasteiger partial charge < -0.3 is 4.74 Å². The monoisotopic (exact) mass is 623 g/mol. The summed E-state index contributed by atoms with van der Waals surface area (Å²) in [6, 6.07) is 0. The molecule has 0 aromatic rings. The molecule has 3 aliphatic carbocycles. The molecule has 0 aliphatic heterocycles. The number of carbonyl (C=O) groups is 1. The SMILES string of the molecule is C=C1CC[C@H](OC(=O)CCCCCCCCCCCCCCC)C/C1=C\C=C1/CCC[C@]2(C)[C@@H]([C@H](C)CCCC(C)C)CC[C@@H]12. The molecular weight excluding hydrogens is 548 g/mol. The predicted molar refractivity (Wildman–Crippen MR) is 195 cm³/mol. The van der Waals surface area contributed by atoms with Gasteiger partial charge in [0, 0.05) is 12.8 Å². The molecule has 258 valence electrons. The fourth-order valence-electron chi connectivity index (χ4n) is 9.28. The van der Waals surface area contributed by atoms with Gasteiger partial charge in [0.25, 0.3) is 0 Å². The predicted octanol–water partition coefficient (Wildman–Crippen LogP) is 13.7. The molecule has 0 unspecified atom stereocenters. The van der Waals surface area contributed by atoms with Gasteiger partial charge in [-0.25, -0.2) is 0 Å². The van der Waals surface area contributed by atoms with Gasteiger partial charge in [-0.15, -0.1) is 0 Å². The molecule has 3 fully saturated rings. The molecule has 3 saturated carbocycles. The molecule has 0 spiro atoms. The van der Waals surface area contributed by atoms with Crippen LogP contribution in [0.2, 0.25) is 0 Å². The fraction of sp³-hybridized carbons (Fsp3) is 0.837. The standard InChI is InChI=1S/C43H74O2/c1-7-8-9-10-11-12-13-14-15-16-17-18-19-25-42(44)45-39-29-26-35(4)38(33-39)28-27-37-24-21-32-43(6)40(30-31-41(37)43)36(5)23-20-22-34(2)3/h27-28,34,36,39-41H,4,7-26,29-33H2,1-3,5-6H3/b37-27+,38-28+/t36-,39+,40-,41+,43-/m1/s1. The third-order valence-electron chi connectivity index (χ3n) is 12.1. The van der Waals surface area contributed by atoms with E-state index in [9.17, 15) is 4.79 Å². The van der Waals surface area contributed by atoms with Gasteiger partial charge in [-0.3, -0.25) is 4.79 Å². The Hall–Kier alpha value is -1.31. The smallest absolute Gasteiger partial charge is 0.306 e. The molecule has 0 bridgehead atoms. The van der Waals surface area contributed by atoms with E-state index in [0.29, 0.717) is 11.8 Å². The van der Waals surface area contributed by atoms with Crippen molar-refractivity contribution in [3.8, 4) is 0 Å². The number of allylic oxidation sites excluding steroid dienone is 4. The first-order chi connectivity index (χ1) is 21.7. The topological polar surface area (TPSA) is 26.3 Å². The third-order valence-corrected chi connectivity index (χ3v) is 12.1. The van der Waals surface area contributed by atoms with Crippen LogP contribution in [0.5, 0.6) is 0 Å². The first-order valence-corrected chi connectivity index (χ1v) is 20.0. The summed E-state index contributed by atoms with van der Waals surface area (Å²) in [5.74, 6) is 3.28. The molecule has 2 heteroatoms. The molecule has 0 N–H and O–H groups in total. The lowest BCUT2D eigenvalue weighted by Gasteiger charge is -2.44. The lowest BCUT2D eigenvalue weighted by molar-refractivity contribution is -0.149. The van der Waals surface area contributed by atoms with Crippen molar-refractivity contribution < 1.29 is 9.53 Å². The zero-order valence-corrected chi connectivity index (χ0v) is 30.7. The Labute approximate surface area is 280 Å². The maximum Gasteiger partial charge on any atom is 0.306 e. The van der Waals surface area contributed by atoms with E-state index in [4.69, 9.17) is 4.74 Å². The van der Waals surface area contributed by atoms with Gasteiger partial charge in [-0.1, -0.05) is 161 Å². The maximum atomic E-state index is 12.7. The second-order valence-corrected chi connectivity index (χ2v) is 16.3. The quantitative estimate of drug-likeness (QED) is 0.0940. The maximum absolute atomic E-state index is 12.7. The summed E-state index contributed by atoms with van der Waals surface area (Å²) in [6.07, 6.45) is 36.3. The highest BCUT2D eigenvalue weighted by Crippen LogP contribution is 2.60. The fourth-order valence-corrected chi connectivity index (χ4v) is 9.28. The van der Waals surface area contributed by atoms with E-state index < -0.39 is 0 Å². The second-order valence-electron chi connectivity index (χ2n) is 16.3. The van der Waals surface area contributed by atoms with Crippen LogP contribution in [0.15, 0.2) is 35.5 Å². The Morgan fingerprint density at radius 2 is 1.49 bits per heavy atom. The van der Waals surface area contributed by atoms with E-state index in [0.717, 1.165) is 55.8 Å². The minimum atomic E-state index is 0.0100. The third kappa shape index (κ3) is 13.0. The van der Waals surface area contributed by atoms with Crippen LogP contribution in [0.25, 0.3) is 0 Å². The number of hydrogen-bond acceptors (Lipinski definition) is 2. The summed E-state index contributed by atoms with van der Waals surface area (Å²) in [6.45, 7) is 16.6. The van der Waals surface area contributed by atoms with Crippen LogP contribution in [0.3, 0.4) is 0 Å². The van der Waals surface area contributed by atoms with Crippen molar-refractivity contribution in [1.29, 1.82) is 0 Å². The van der Waals surface area contributed by atoms with E-state index in [-0.39, 0.29) is 12.1 Å². The van der Waals surface area contributed by atoms with E-state index in [2.05, 4.69) is 53.3 Å². The zero-order chi connectivity index (χ0) is 32.5. The van der Waals surface area contributed by atoms with Gasteiger partial charge in [0.2, 0.25) is 0 Å². The van der Waals surface area contributed by atoms with Gasteiger partial charge in [0.1, 0.15) is 6.10 Å². The Bertz CT molecular complexity index is 924. The van der Waals surface area contributed by atoms with Gasteiger partial charge >= 0.3 is 5.97 Å². The van der Waals surface area contributed by atoms with E-state index in [1.54, 1.807) is 5.57 Å². The molecule has 45 heavy (non-hydrogen) atoms. The molecule has 5 atom stereocenters. The first kappa shape index (κ1) is 38.1. The van der Waals surface area contributed by atoms with Crippen molar-refractivity contribution in [2.45, 2.75) is 201 Å². The molecule has 2 nitrogen and oxygen atoms in total. The largest absolute Gasteiger partial charge is 0.462 e. The number of unbranched alkanes of at least 4 members (excludes halogenated alkanes) is 12. The highest BCUT2D eigenvalue weighted by Gasteiger charge is 2.50. The summed E-state index contributed by atoms with van der Waals surface area (Å²) in [7, 11) is 0. The molecule has 3 aliphatic rings. The number of rotatable bonds is 21. The number of hydrogen-bond donors (Lipinski definition) is 0. The zero-order valence-electron chi connectivity index (χ0n) is 30.7. The van der Waals surface area contributed by atoms with Crippen LogP contribution in [0.1, 0.15) is 195 Å². The first-order valence-electron chi connectivity index (χ1n) is 20.0. The molecule has 3 rings (SSSR count). The Kier molecular flexibility index (Phi) is 17.7. The molecule has 0 heterocycles. The van der Waals surface area contributed by atoms with Crippen LogP contribution in [0.4, 0.5) is 0 Å². The number of esters is 1. The summed E-state index contributed by atoms with van der Waals surface area (Å²) in [4.78, 5) is 12.7. The van der Waals surface area contributed by atoms with Crippen LogP contribution in [-0.2, 0) is 9.53 Å². The highest BCUT2D eigenvalue weighted by molar-refractivity contribution is 5.69. The molecule has 0 amide bonds. The van der Waals surface area contributed by atoms with Gasteiger partial charge in [-0.2, -0.15) is 0 Å². The lowest BCUT2D eigenvalue weighted by atomic mass is 9.60. The molecule has 0 saturated heterocycles. The Morgan fingerprint density at radius 1 is 0.844 bits per heavy atom.